The Balaban J connectivity index is 1.30. The lowest BCUT2D eigenvalue weighted by Gasteiger charge is -2.33. The Morgan fingerprint density at radius 3 is 2.53 bits per heavy atom. The molecule has 0 unspecified atom stereocenters. The molecule has 7 rings (SSSR count). The molecule has 2 saturated heterocycles. The fourth-order valence-electron chi connectivity index (χ4n) is 6.39. The van der Waals surface area contributed by atoms with Crippen LogP contribution in [0.15, 0.2) is 53.8 Å². The number of sulfonamides is 1. The Hall–Kier alpha value is -3.64. The van der Waals surface area contributed by atoms with Crippen LogP contribution in [0.1, 0.15) is 17.5 Å². The van der Waals surface area contributed by atoms with Crippen molar-refractivity contribution < 1.29 is 17.6 Å². The molecular formula is C26H26FN7O3S. The van der Waals surface area contributed by atoms with Gasteiger partial charge in [-0.15, -0.1) is 5.10 Å². The molecule has 10 nitrogen and oxygen atoms in total. The molecule has 3 aliphatic rings. The first-order valence-electron chi connectivity index (χ1n) is 12.6. The summed E-state index contributed by atoms with van der Waals surface area (Å²) in [6, 6.07) is 10.2. The van der Waals surface area contributed by atoms with Crippen LogP contribution in [-0.2, 0) is 27.3 Å². The summed E-state index contributed by atoms with van der Waals surface area (Å²) in [5.74, 6) is -0.591. The molecule has 38 heavy (non-hydrogen) atoms. The number of rotatable bonds is 5. The molecule has 2 aromatic carbocycles. The second-order valence-corrected chi connectivity index (χ2v) is 12.4. The zero-order valence-corrected chi connectivity index (χ0v) is 21.8. The second kappa shape index (κ2) is 7.93. The Kier molecular flexibility index (Phi) is 4.90. The van der Waals surface area contributed by atoms with Crippen LogP contribution in [0.3, 0.4) is 0 Å². The summed E-state index contributed by atoms with van der Waals surface area (Å²) in [7, 11) is -2.27. The standard InChI is InChI=1S/C26H26FN7O3S/c1-16-10-22-17(12-29-34(22)19-6-4-18(27)5-7-19)11-20(16)26-15-33(38(36,37)23-13-28-31(2)30-23)14-21(26)24(26)25(35)32-8-3-9-32/h4-7,10-13,21,24H,3,8-9,14-15H2,1-2H3/t21-,24+,26+/m0/s1. The van der Waals surface area contributed by atoms with Crippen molar-refractivity contribution >= 4 is 26.8 Å². The van der Waals surface area contributed by atoms with Crippen LogP contribution in [0, 0.1) is 24.6 Å². The number of nitrogens with zero attached hydrogens (tertiary/aromatic N) is 7. The van der Waals surface area contributed by atoms with Crippen molar-refractivity contribution in [3.05, 3.63) is 65.7 Å². The molecule has 0 bridgehead atoms. The van der Waals surface area contributed by atoms with E-state index in [0.717, 1.165) is 47.2 Å². The topological polar surface area (TPSA) is 106 Å². The molecule has 1 saturated carbocycles. The van der Waals surface area contributed by atoms with Crippen molar-refractivity contribution in [2.75, 3.05) is 26.2 Å². The average Bonchev–Trinajstić information content (AvgIpc) is 3.27. The van der Waals surface area contributed by atoms with Gasteiger partial charge in [-0.05, 0) is 66.8 Å². The Morgan fingerprint density at radius 1 is 1.11 bits per heavy atom. The SMILES string of the molecule is Cc1cc2c(cnn2-c2ccc(F)cc2)cc1[C@]12CN(S(=O)(=O)c3cnn(C)n3)C[C@H]1[C@@H]2C(=O)N1CCC1. The van der Waals surface area contributed by atoms with E-state index in [1.807, 2.05) is 24.0 Å². The number of carbonyl (C=O) groups excluding carboxylic acids is 1. The van der Waals surface area contributed by atoms with Crippen molar-refractivity contribution in [2.45, 2.75) is 23.8 Å². The number of aromatic nitrogens is 5. The molecule has 3 fully saturated rings. The molecule has 196 valence electrons. The largest absolute Gasteiger partial charge is 0.342 e. The number of amides is 1. The van der Waals surface area contributed by atoms with Crippen molar-refractivity contribution in [3.8, 4) is 5.69 Å². The Morgan fingerprint density at radius 2 is 1.87 bits per heavy atom. The highest BCUT2D eigenvalue weighted by Gasteiger charge is 2.74. The van der Waals surface area contributed by atoms with Crippen molar-refractivity contribution in [3.63, 3.8) is 0 Å². The zero-order valence-electron chi connectivity index (χ0n) is 21.0. The van der Waals surface area contributed by atoms with Crippen LogP contribution in [0.5, 0.6) is 0 Å². The van der Waals surface area contributed by atoms with E-state index in [4.69, 9.17) is 0 Å². The lowest BCUT2D eigenvalue weighted by molar-refractivity contribution is -0.137. The lowest BCUT2D eigenvalue weighted by Crippen LogP contribution is -2.46. The zero-order chi connectivity index (χ0) is 26.4. The van der Waals surface area contributed by atoms with Gasteiger partial charge < -0.3 is 4.90 Å². The number of halogens is 1. The number of piperidine rings is 1. The molecule has 4 aromatic rings. The van der Waals surface area contributed by atoms with E-state index in [0.29, 0.717) is 0 Å². The average molecular weight is 536 g/mol. The minimum Gasteiger partial charge on any atom is -0.342 e. The first kappa shape index (κ1) is 23.5. The van der Waals surface area contributed by atoms with Crippen LogP contribution in [0.2, 0.25) is 0 Å². The van der Waals surface area contributed by atoms with Crippen LogP contribution >= 0.6 is 0 Å². The maximum Gasteiger partial charge on any atom is 0.264 e. The number of hydrogen-bond acceptors (Lipinski definition) is 6. The summed E-state index contributed by atoms with van der Waals surface area (Å²) < 4.78 is 43.5. The maximum absolute atomic E-state index is 13.5. The quantitative estimate of drug-likeness (QED) is 0.387. The van der Waals surface area contributed by atoms with E-state index in [1.165, 1.54) is 27.4 Å². The van der Waals surface area contributed by atoms with E-state index in [-0.39, 0.29) is 41.7 Å². The summed E-state index contributed by atoms with van der Waals surface area (Å²) in [6.45, 7) is 3.96. The Labute approximate surface area is 218 Å². The first-order valence-corrected chi connectivity index (χ1v) is 14.0. The fourth-order valence-corrected chi connectivity index (χ4v) is 7.79. The molecule has 12 heteroatoms. The highest BCUT2D eigenvalue weighted by atomic mass is 32.2. The fraction of sp³-hybridized carbons (Fsp3) is 0.385. The smallest absolute Gasteiger partial charge is 0.264 e. The minimum absolute atomic E-state index is 0.0881. The summed E-state index contributed by atoms with van der Waals surface area (Å²) in [6.07, 6.45) is 4.01. The number of hydrogen-bond donors (Lipinski definition) is 0. The molecule has 0 N–H and O–H groups in total. The number of fused-ring (bicyclic) bond motifs is 2. The van der Waals surface area contributed by atoms with Crippen molar-refractivity contribution in [1.82, 2.24) is 34.0 Å². The molecule has 4 heterocycles. The normalized spacial score (nSPS) is 25.0. The van der Waals surface area contributed by atoms with E-state index in [1.54, 1.807) is 30.1 Å². The number of carbonyl (C=O) groups is 1. The van der Waals surface area contributed by atoms with Gasteiger partial charge in [0.15, 0.2) is 0 Å². The third kappa shape index (κ3) is 3.22. The molecule has 3 atom stereocenters. The van der Waals surface area contributed by atoms with Crippen LogP contribution in [0.25, 0.3) is 16.6 Å². The first-order chi connectivity index (χ1) is 18.2. The van der Waals surface area contributed by atoms with Crippen molar-refractivity contribution in [2.24, 2.45) is 18.9 Å². The Bertz CT molecular complexity index is 1710. The maximum atomic E-state index is 13.5. The highest BCUT2D eigenvalue weighted by molar-refractivity contribution is 7.89. The van der Waals surface area contributed by atoms with Crippen LogP contribution in [-0.4, -0.2) is 74.5 Å². The second-order valence-electron chi connectivity index (χ2n) is 10.5. The number of likely N-dealkylation sites (tertiary alicyclic amines) is 1. The lowest BCUT2D eigenvalue weighted by atomic mass is 9.88. The van der Waals surface area contributed by atoms with E-state index >= 15 is 0 Å². The third-order valence-electron chi connectivity index (χ3n) is 8.45. The molecule has 1 amide bonds. The van der Waals surface area contributed by atoms with Crippen LogP contribution in [0.4, 0.5) is 4.39 Å². The molecule has 1 aliphatic carbocycles. The van der Waals surface area contributed by atoms with Gasteiger partial charge in [-0.25, -0.2) is 17.5 Å². The van der Waals surface area contributed by atoms with Crippen molar-refractivity contribution in [1.29, 1.82) is 0 Å². The molecule has 2 aliphatic heterocycles. The van der Waals surface area contributed by atoms with E-state index in [2.05, 4.69) is 15.3 Å². The predicted octanol–water partition coefficient (Wildman–Crippen LogP) is 2.02. The van der Waals surface area contributed by atoms with Gasteiger partial charge in [0.2, 0.25) is 10.9 Å². The van der Waals surface area contributed by atoms with Gasteiger partial charge >= 0.3 is 0 Å². The van der Waals surface area contributed by atoms with Gasteiger partial charge in [0.25, 0.3) is 10.0 Å². The minimum atomic E-state index is -3.85. The summed E-state index contributed by atoms with van der Waals surface area (Å²) >= 11 is 0. The molecule has 0 radical (unpaired) electrons. The number of aryl methyl sites for hydroxylation is 2. The van der Waals surface area contributed by atoms with E-state index < -0.39 is 15.4 Å². The molecule has 0 spiro atoms. The summed E-state index contributed by atoms with van der Waals surface area (Å²) in [5.41, 5.74) is 2.93. The van der Waals surface area contributed by atoms with E-state index in [9.17, 15) is 17.6 Å². The summed E-state index contributed by atoms with van der Waals surface area (Å²) in [4.78, 5) is 16.6. The molecule has 2 aromatic heterocycles. The summed E-state index contributed by atoms with van der Waals surface area (Å²) in [5, 5.41) is 13.3. The van der Waals surface area contributed by atoms with Gasteiger partial charge in [-0.2, -0.15) is 19.3 Å². The third-order valence-corrected chi connectivity index (χ3v) is 10.1. The van der Waals surface area contributed by atoms with Gasteiger partial charge in [0, 0.05) is 44.0 Å². The van der Waals surface area contributed by atoms with Gasteiger partial charge in [-0.1, -0.05) is 0 Å². The van der Waals surface area contributed by atoms with Gasteiger partial charge in [0.05, 0.1) is 29.5 Å². The van der Waals surface area contributed by atoms with Gasteiger partial charge in [0.1, 0.15) is 5.82 Å². The monoisotopic (exact) mass is 535 g/mol. The van der Waals surface area contributed by atoms with Crippen LogP contribution < -0.4 is 0 Å². The molecular weight excluding hydrogens is 509 g/mol. The van der Waals surface area contributed by atoms with Gasteiger partial charge in [-0.3, -0.25) is 4.79 Å². The predicted molar refractivity (Wildman–Crippen MR) is 135 cm³/mol. The highest BCUT2D eigenvalue weighted by Crippen LogP contribution is 2.66. The number of benzene rings is 2.